The lowest BCUT2D eigenvalue weighted by molar-refractivity contribution is -0.138. The van der Waals surface area contributed by atoms with Crippen molar-refractivity contribution in [2.75, 3.05) is 19.4 Å². The molecule has 9 heteroatoms. The number of carbonyl (C=O) groups is 3. The van der Waals surface area contributed by atoms with E-state index in [4.69, 9.17) is 4.74 Å². The summed E-state index contributed by atoms with van der Waals surface area (Å²) < 4.78 is 32.0. The van der Waals surface area contributed by atoms with Crippen molar-refractivity contribution in [2.24, 2.45) is 23.7 Å². The number of rotatable bonds is 9. The van der Waals surface area contributed by atoms with E-state index in [-0.39, 0.29) is 28.6 Å². The van der Waals surface area contributed by atoms with Gasteiger partial charge in [-0.15, -0.1) is 0 Å². The minimum absolute atomic E-state index is 0.0509. The lowest BCUT2D eigenvalue weighted by Gasteiger charge is -2.34. The molecule has 0 aliphatic heterocycles. The van der Waals surface area contributed by atoms with Crippen LogP contribution >= 0.6 is 11.8 Å². The third kappa shape index (κ3) is 4.78. The second-order valence-electron chi connectivity index (χ2n) is 8.58. The average Bonchev–Trinajstić information content (AvgIpc) is 3.33. The predicted octanol–water partition coefficient (Wildman–Crippen LogP) is 2.83. The first-order valence-electron chi connectivity index (χ1n) is 10.6. The summed E-state index contributed by atoms with van der Waals surface area (Å²) in [4.78, 5) is 36.7. The molecule has 2 bridgehead atoms. The van der Waals surface area contributed by atoms with Crippen LogP contribution in [-0.2, 0) is 29.1 Å². The molecule has 2 fully saturated rings. The van der Waals surface area contributed by atoms with Gasteiger partial charge in [-0.2, -0.15) is 11.8 Å². The Morgan fingerprint density at radius 2 is 1.91 bits per heavy atom. The zero-order valence-corrected chi connectivity index (χ0v) is 20.2. The fraction of sp³-hybridized carbons (Fsp3) is 0.522. The molecule has 2 aliphatic carbocycles. The topological polar surface area (TPSA) is 97.8 Å². The summed E-state index contributed by atoms with van der Waals surface area (Å²) in [7, 11) is -2.73. The molecule has 5 unspecified atom stereocenters. The van der Waals surface area contributed by atoms with Gasteiger partial charge in [0.05, 0.1) is 10.8 Å². The smallest absolute Gasteiger partial charge is 0.333 e. The second-order valence-corrected chi connectivity index (χ2v) is 11.9. The SMILES string of the molecule is C=C(C)C(=O)OCCSC1CC2CC1C(C(=O)N(C)S(=O)(=O)c1ccc(C)cc1)C2C=O. The van der Waals surface area contributed by atoms with E-state index in [2.05, 4.69) is 6.58 Å². The molecule has 1 aromatic carbocycles. The minimum atomic E-state index is -4.00. The van der Waals surface area contributed by atoms with Crippen LogP contribution in [0.3, 0.4) is 0 Å². The third-order valence-corrected chi connectivity index (χ3v) is 9.58. The predicted molar refractivity (Wildman–Crippen MR) is 122 cm³/mol. The quantitative estimate of drug-likeness (QED) is 0.232. The highest BCUT2D eigenvalue weighted by atomic mass is 32.2. The van der Waals surface area contributed by atoms with Gasteiger partial charge in [0.25, 0.3) is 10.0 Å². The maximum Gasteiger partial charge on any atom is 0.333 e. The number of fused-ring (bicyclic) bond motifs is 2. The molecular weight excluding hydrogens is 450 g/mol. The highest BCUT2D eigenvalue weighted by Gasteiger charge is 2.56. The summed E-state index contributed by atoms with van der Waals surface area (Å²) in [5, 5.41) is 0.115. The van der Waals surface area contributed by atoms with E-state index >= 15 is 0 Å². The summed E-state index contributed by atoms with van der Waals surface area (Å²) in [6.45, 7) is 7.22. The molecule has 3 rings (SSSR count). The Morgan fingerprint density at radius 3 is 2.50 bits per heavy atom. The highest BCUT2D eigenvalue weighted by Crippen LogP contribution is 2.55. The third-order valence-electron chi connectivity index (χ3n) is 6.44. The normalized spacial score (nSPS) is 26.5. The van der Waals surface area contributed by atoms with Crippen molar-refractivity contribution in [1.82, 2.24) is 4.31 Å². The molecule has 1 amide bonds. The van der Waals surface area contributed by atoms with Gasteiger partial charge in [-0.1, -0.05) is 24.3 Å². The summed E-state index contributed by atoms with van der Waals surface area (Å²) in [5.41, 5.74) is 1.26. The van der Waals surface area contributed by atoms with E-state index in [0.717, 1.165) is 29.0 Å². The molecule has 7 nitrogen and oxygen atoms in total. The number of carbonyl (C=O) groups excluding carboxylic acids is 3. The lowest BCUT2D eigenvalue weighted by Crippen LogP contribution is -2.45. The van der Waals surface area contributed by atoms with E-state index < -0.39 is 33.7 Å². The number of aldehydes is 1. The summed E-state index contributed by atoms with van der Waals surface area (Å²) >= 11 is 1.61. The Labute approximate surface area is 193 Å². The number of nitrogens with zero attached hydrogens (tertiary/aromatic N) is 1. The van der Waals surface area contributed by atoms with Crippen LogP contribution in [0.15, 0.2) is 41.3 Å². The Kier molecular flexibility index (Phi) is 7.50. The number of esters is 1. The average molecular weight is 480 g/mol. The Balaban J connectivity index is 1.70. The molecule has 0 saturated heterocycles. The maximum absolute atomic E-state index is 13.3. The second kappa shape index (κ2) is 9.79. The van der Waals surface area contributed by atoms with Gasteiger partial charge in [-0.05, 0) is 50.7 Å². The summed E-state index contributed by atoms with van der Waals surface area (Å²) in [6.07, 6.45) is 2.34. The van der Waals surface area contributed by atoms with Crippen LogP contribution in [0.5, 0.6) is 0 Å². The molecule has 1 aromatic rings. The summed E-state index contributed by atoms with van der Waals surface area (Å²) in [6, 6.07) is 6.34. The van der Waals surface area contributed by atoms with Gasteiger partial charge in [-0.3, -0.25) is 4.79 Å². The fourth-order valence-electron chi connectivity index (χ4n) is 4.73. The number of hydrogen-bond donors (Lipinski definition) is 0. The zero-order chi connectivity index (χ0) is 23.6. The van der Waals surface area contributed by atoms with Crippen molar-refractivity contribution in [3.63, 3.8) is 0 Å². The number of aryl methyl sites for hydroxylation is 1. The first-order valence-corrected chi connectivity index (χ1v) is 13.1. The van der Waals surface area contributed by atoms with Crippen molar-refractivity contribution >= 4 is 39.9 Å². The molecule has 0 aromatic heterocycles. The van der Waals surface area contributed by atoms with E-state index in [0.29, 0.717) is 11.3 Å². The Hall–Kier alpha value is -2.13. The van der Waals surface area contributed by atoms with Crippen molar-refractivity contribution < 1.29 is 27.5 Å². The first kappa shape index (κ1) is 24.5. The molecule has 0 heterocycles. The van der Waals surface area contributed by atoms with Crippen LogP contribution in [0.2, 0.25) is 0 Å². The van der Waals surface area contributed by atoms with Crippen molar-refractivity contribution in [2.45, 2.75) is 36.8 Å². The van der Waals surface area contributed by atoms with Gasteiger partial charge < -0.3 is 9.53 Å². The van der Waals surface area contributed by atoms with Gasteiger partial charge in [0.2, 0.25) is 5.91 Å². The highest BCUT2D eigenvalue weighted by molar-refractivity contribution is 7.99. The van der Waals surface area contributed by atoms with Crippen molar-refractivity contribution in [1.29, 1.82) is 0 Å². The van der Waals surface area contributed by atoms with Crippen LogP contribution in [0.25, 0.3) is 0 Å². The zero-order valence-electron chi connectivity index (χ0n) is 18.5. The Morgan fingerprint density at radius 1 is 1.25 bits per heavy atom. The van der Waals surface area contributed by atoms with Crippen LogP contribution in [0, 0.1) is 30.6 Å². The molecule has 5 atom stereocenters. The van der Waals surface area contributed by atoms with Gasteiger partial charge in [0.15, 0.2) is 0 Å². The Bertz CT molecular complexity index is 1000. The van der Waals surface area contributed by atoms with E-state index in [1.165, 1.54) is 19.2 Å². The molecule has 0 N–H and O–H groups in total. The minimum Gasteiger partial charge on any atom is -0.461 e. The number of thioether (sulfide) groups is 1. The molecule has 2 saturated carbocycles. The monoisotopic (exact) mass is 479 g/mol. The maximum atomic E-state index is 13.3. The lowest BCUT2D eigenvalue weighted by atomic mass is 9.79. The van der Waals surface area contributed by atoms with E-state index in [1.54, 1.807) is 30.8 Å². The standard InChI is InChI=1S/C23H29NO6S2/c1-14(2)23(27)30-9-10-31-20-12-16-11-18(20)21(19(16)13-25)22(26)24(4)32(28,29)17-7-5-15(3)6-8-17/h5-8,13,16,18-21H,1,9-12H2,2-4H3. The van der Waals surface area contributed by atoms with Crippen molar-refractivity contribution in [3.05, 3.63) is 42.0 Å². The number of amides is 1. The number of ether oxygens (including phenoxy) is 1. The van der Waals surface area contributed by atoms with E-state index in [1.807, 2.05) is 6.92 Å². The van der Waals surface area contributed by atoms with Gasteiger partial charge in [0, 0.05) is 29.5 Å². The molecule has 0 spiro atoms. The van der Waals surface area contributed by atoms with Crippen molar-refractivity contribution in [3.8, 4) is 0 Å². The largest absolute Gasteiger partial charge is 0.461 e. The number of hydrogen-bond acceptors (Lipinski definition) is 7. The van der Waals surface area contributed by atoms with Gasteiger partial charge in [-0.25, -0.2) is 17.5 Å². The molecular formula is C23H29NO6S2. The van der Waals surface area contributed by atoms with Crippen LogP contribution < -0.4 is 0 Å². The van der Waals surface area contributed by atoms with Crippen LogP contribution in [0.4, 0.5) is 0 Å². The van der Waals surface area contributed by atoms with Gasteiger partial charge in [0.1, 0.15) is 12.9 Å². The molecule has 32 heavy (non-hydrogen) atoms. The van der Waals surface area contributed by atoms with Crippen LogP contribution in [-0.4, -0.2) is 55.5 Å². The fourth-order valence-corrected chi connectivity index (χ4v) is 7.28. The number of sulfonamides is 1. The van der Waals surface area contributed by atoms with Crippen LogP contribution in [0.1, 0.15) is 25.3 Å². The van der Waals surface area contributed by atoms with E-state index in [9.17, 15) is 22.8 Å². The molecule has 2 aliphatic rings. The first-order chi connectivity index (χ1) is 15.1. The number of benzene rings is 1. The molecule has 174 valence electrons. The summed E-state index contributed by atoms with van der Waals surface area (Å²) in [5.74, 6) is -1.55. The molecule has 0 radical (unpaired) electrons. The van der Waals surface area contributed by atoms with Gasteiger partial charge >= 0.3 is 5.97 Å².